The van der Waals surface area contributed by atoms with Crippen LogP contribution in [0.25, 0.3) is 0 Å². The molecular weight excluding hydrogens is 312 g/mol. The van der Waals surface area contributed by atoms with E-state index in [9.17, 15) is 8.42 Å². The summed E-state index contributed by atoms with van der Waals surface area (Å²) in [7, 11) is -2.91. The first-order valence-electron chi connectivity index (χ1n) is 8.59. The quantitative estimate of drug-likeness (QED) is 0.799. The van der Waals surface area contributed by atoms with Crippen LogP contribution >= 0.6 is 0 Å². The van der Waals surface area contributed by atoms with Gasteiger partial charge in [-0.15, -0.1) is 0 Å². The van der Waals surface area contributed by atoms with E-state index in [1.54, 1.807) is 0 Å². The van der Waals surface area contributed by atoms with Gasteiger partial charge < -0.3 is 4.90 Å². The van der Waals surface area contributed by atoms with Gasteiger partial charge in [-0.25, -0.2) is 8.42 Å². The molecule has 1 aromatic heterocycles. The molecule has 2 fully saturated rings. The lowest BCUT2D eigenvalue weighted by Gasteiger charge is -2.34. The third kappa shape index (κ3) is 3.95. The standard InChI is InChI=1S/C16H28N4O2S/c1-3-5-18-6-8-19(9-7-18)12-15-11-17-20(13-15)16(2)4-10-23(21,22)14-16/h11,13H,3-10,12,14H2,1-2H3/t16-/m1/s1. The fourth-order valence-electron chi connectivity index (χ4n) is 3.66. The highest BCUT2D eigenvalue weighted by molar-refractivity contribution is 7.91. The Kier molecular flexibility index (Phi) is 4.80. The van der Waals surface area contributed by atoms with Gasteiger partial charge in [0.15, 0.2) is 9.84 Å². The van der Waals surface area contributed by atoms with Crippen LogP contribution in [0.1, 0.15) is 32.3 Å². The maximum absolute atomic E-state index is 11.8. The molecule has 0 bridgehead atoms. The van der Waals surface area contributed by atoms with Crippen molar-refractivity contribution in [1.29, 1.82) is 0 Å². The number of sulfone groups is 1. The van der Waals surface area contributed by atoms with Crippen molar-refractivity contribution in [3.05, 3.63) is 18.0 Å². The first kappa shape index (κ1) is 16.9. The third-order valence-corrected chi connectivity index (χ3v) is 6.97. The minimum Gasteiger partial charge on any atom is -0.301 e. The molecule has 7 heteroatoms. The van der Waals surface area contributed by atoms with Crippen LogP contribution in [0.3, 0.4) is 0 Å². The van der Waals surface area contributed by atoms with Gasteiger partial charge in [0.25, 0.3) is 0 Å². The van der Waals surface area contributed by atoms with Gasteiger partial charge in [0.2, 0.25) is 0 Å². The van der Waals surface area contributed by atoms with Crippen LogP contribution in [0.2, 0.25) is 0 Å². The van der Waals surface area contributed by atoms with Gasteiger partial charge in [-0.05, 0) is 26.3 Å². The van der Waals surface area contributed by atoms with Crippen LogP contribution < -0.4 is 0 Å². The number of piperazine rings is 1. The zero-order valence-corrected chi connectivity index (χ0v) is 15.1. The van der Waals surface area contributed by atoms with E-state index >= 15 is 0 Å². The van der Waals surface area contributed by atoms with Gasteiger partial charge in [-0.3, -0.25) is 9.58 Å². The number of hydrogen-bond acceptors (Lipinski definition) is 5. The molecule has 2 aliphatic heterocycles. The number of aromatic nitrogens is 2. The number of nitrogens with zero attached hydrogens (tertiary/aromatic N) is 4. The zero-order valence-electron chi connectivity index (χ0n) is 14.2. The molecule has 0 unspecified atom stereocenters. The van der Waals surface area contributed by atoms with Crippen molar-refractivity contribution in [2.45, 2.75) is 38.8 Å². The first-order chi connectivity index (χ1) is 10.9. The highest BCUT2D eigenvalue weighted by Gasteiger charge is 2.40. The van der Waals surface area contributed by atoms with Crippen molar-refractivity contribution in [3.8, 4) is 0 Å². The van der Waals surface area contributed by atoms with Crippen molar-refractivity contribution < 1.29 is 8.42 Å². The summed E-state index contributed by atoms with van der Waals surface area (Å²) in [6, 6.07) is 0. The van der Waals surface area contributed by atoms with E-state index in [0.717, 1.165) is 32.7 Å². The Morgan fingerprint density at radius 2 is 1.91 bits per heavy atom. The Bertz CT molecular complexity index is 634. The summed E-state index contributed by atoms with van der Waals surface area (Å²) in [6.45, 7) is 10.8. The molecule has 0 spiro atoms. The molecule has 0 aromatic carbocycles. The normalized spacial score (nSPS) is 29.1. The maximum atomic E-state index is 11.8. The van der Waals surface area contributed by atoms with E-state index in [0.29, 0.717) is 6.42 Å². The summed E-state index contributed by atoms with van der Waals surface area (Å²) < 4.78 is 25.4. The van der Waals surface area contributed by atoms with Crippen LogP contribution in [-0.2, 0) is 21.9 Å². The molecule has 2 saturated heterocycles. The monoisotopic (exact) mass is 340 g/mol. The van der Waals surface area contributed by atoms with E-state index < -0.39 is 9.84 Å². The van der Waals surface area contributed by atoms with Crippen molar-refractivity contribution >= 4 is 9.84 Å². The second-order valence-corrected chi connectivity index (χ2v) is 9.43. The highest BCUT2D eigenvalue weighted by atomic mass is 32.2. The van der Waals surface area contributed by atoms with Crippen LogP contribution in [0, 0.1) is 0 Å². The topological polar surface area (TPSA) is 58.4 Å². The highest BCUT2D eigenvalue weighted by Crippen LogP contribution is 2.30. The van der Waals surface area contributed by atoms with Gasteiger partial charge in [-0.1, -0.05) is 6.92 Å². The van der Waals surface area contributed by atoms with Crippen LogP contribution in [0.5, 0.6) is 0 Å². The molecule has 0 N–H and O–H groups in total. The largest absolute Gasteiger partial charge is 0.301 e. The average Bonchev–Trinajstić information content (AvgIpc) is 3.07. The van der Waals surface area contributed by atoms with Gasteiger partial charge in [-0.2, -0.15) is 5.10 Å². The Labute approximate surface area is 139 Å². The molecule has 0 saturated carbocycles. The maximum Gasteiger partial charge on any atom is 0.152 e. The van der Waals surface area contributed by atoms with Crippen molar-refractivity contribution in [1.82, 2.24) is 19.6 Å². The minimum atomic E-state index is -2.91. The lowest BCUT2D eigenvalue weighted by atomic mass is 10.0. The van der Waals surface area contributed by atoms with Gasteiger partial charge >= 0.3 is 0 Å². The molecule has 2 aliphatic rings. The lowest BCUT2D eigenvalue weighted by Crippen LogP contribution is -2.45. The molecule has 0 amide bonds. The molecule has 1 aromatic rings. The van der Waals surface area contributed by atoms with Crippen molar-refractivity contribution in [2.75, 3.05) is 44.2 Å². The molecule has 0 radical (unpaired) electrons. The fourth-order valence-corrected chi connectivity index (χ4v) is 5.78. The summed E-state index contributed by atoms with van der Waals surface area (Å²) in [5.41, 5.74) is 0.802. The van der Waals surface area contributed by atoms with E-state index in [-0.39, 0.29) is 17.0 Å². The van der Waals surface area contributed by atoms with Crippen molar-refractivity contribution in [2.24, 2.45) is 0 Å². The molecular formula is C16H28N4O2S. The van der Waals surface area contributed by atoms with Gasteiger partial charge in [0, 0.05) is 44.5 Å². The van der Waals surface area contributed by atoms with Gasteiger partial charge in [0.1, 0.15) is 0 Å². The Hall–Kier alpha value is -0.920. The third-order valence-electron chi connectivity index (χ3n) is 5.08. The minimum absolute atomic E-state index is 0.205. The Morgan fingerprint density at radius 3 is 2.52 bits per heavy atom. The predicted octanol–water partition coefficient (Wildman–Crippen LogP) is 0.944. The van der Waals surface area contributed by atoms with E-state index in [1.807, 2.05) is 24.0 Å². The summed E-state index contributed by atoms with van der Waals surface area (Å²) in [5.74, 6) is 0.481. The van der Waals surface area contributed by atoms with Crippen LogP contribution in [0.15, 0.2) is 12.4 Å². The Morgan fingerprint density at radius 1 is 1.22 bits per heavy atom. The lowest BCUT2D eigenvalue weighted by molar-refractivity contribution is 0.127. The predicted molar refractivity (Wildman–Crippen MR) is 91.2 cm³/mol. The van der Waals surface area contributed by atoms with Crippen LogP contribution in [-0.4, -0.2) is 72.2 Å². The smallest absolute Gasteiger partial charge is 0.152 e. The summed E-state index contributed by atoms with van der Waals surface area (Å²) in [4.78, 5) is 4.98. The van der Waals surface area contributed by atoms with Crippen molar-refractivity contribution in [3.63, 3.8) is 0 Å². The molecule has 23 heavy (non-hydrogen) atoms. The first-order valence-corrected chi connectivity index (χ1v) is 10.4. The number of hydrogen-bond donors (Lipinski definition) is 0. The van der Waals surface area contributed by atoms with Gasteiger partial charge in [0.05, 0.1) is 23.2 Å². The second kappa shape index (κ2) is 6.53. The van der Waals surface area contributed by atoms with E-state index in [1.165, 1.54) is 18.5 Å². The number of rotatable bonds is 5. The zero-order chi connectivity index (χ0) is 16.5. The van der Waals surface area contributed by atoms with E-state index in [4.69, 9.17) is 0 Å². The summed E-state index contributed by atoms with van der Waals surface area (Å²) >= 11 is 0. The van der Waals surface area contributed by atoms with Crippen LogP contribution in [0.4, 0.5) is 0 Å². The second-order valence-electron chi connectivity index (χ2n) is 7.25. The summed E-state index contributed by atoms with van der Waals surface area (Å²) in [5, 5.41) is 4.46. The Balaban J connectivity index is 1.58. The molecule has 130 valence electrons. The molecule has 6 nitrogen and oxygen atoms in total. The SMILES string of the molecule is CCCN1CCN(Cc2cnn([C@]3(C)CCS(=O)(=O)C3)c2)CC1. The molecule has 3 rings (SSSR count). The fraction of sp³-hybridized carbons (Fsp3) is 0.812. The average molecular weight is 340 g/mol. The van der Waals surface area contributed by atoms with E-state index in [2.05, 4.69) is 21.8 Å². The molecule has 1 atom stereocenters. The molecule has 3 heterocycles. The summed E-state index contributed by atoms with van der Waals surface area (Å²) in [6.07, 6.45) is 5.81. The molecule has 0 aliphatic carbocycles.